The lowest BCUT2D eigenvalue weighted by Gasteiger charge is -2.25. The third-order valence-electron chi connectivity index (χ3n) is 4.81. The molecule has 4 rings (SSSR count). The maximum atomic E-state index is 12.3. The molecule has 158 valence electrons. The van der Waals surface area contributed by atoms with Crippen LogP contribution in [-0.2, 0) is 20.9 Å². The molecular formula is C22H26N4O4. The van der Waals surface area contributed by atoms with Crippen molar-refractivity contribution < 1.29 is 19.0 Å². The van der Waals surface area contributed by atoms with Gasteiger partial charge in [-0.1, -0.05) is 18.2 Å². The highest BCUT2D eigenvalue weighted by atomic mass is 16.5. The summed E-state index contributed by atoms with van der Waals surface area (Å²) in [6, 6.07) is 15.8. The van der Waals surface area contributed by atoms with Crippen LogP contribution in [0.1, 0.15) is 5.56 Å². The van der Waals surface area contributed by atoms with Gasteiger partial charge in [0.25, 0.3) is 6.02 Å². The monoisotopic (exact) mass is 410 g/mol. The van der Waals surface area contributed by atoms with Crippen LogP contribution < -0.4 is 15.4 Å². The molecule has 0 spiro atoms. The first-order chi connectivity index (χ1) is 14.8. The number of para-hydroxylation sites is 1. The Labute approximate surface area is 175 Å². The molecule has 2 aliphatic heterocycles. The van der Waals surface area contributed by atoms with Gasteiger partial charge in [-0.25, -0.2) is 0 Å². The number of ether oxygens (including phenoxy) is 3. The predicted octanol–water partition coefficient (Wildman–Crippen LogP) is 2.14. The largest absolute Gasteiger partial charge is 0.492 e. The fourth-order valence-corrected chi connectivity index (χ4v) is 3.27. The second-order valence-corrected chi connectivity index (χ2v) is 7.07. The Kier molecular flexibility index (Phi) is 6.79. The molecule has 30 heavy (non-hydrogen) atoms. The van der Waals surface area contributed by atoms with Crippen molar-refractivity contribution in [2.75, 3.05) is 51.3 Å². The van der Waals surface area contributed by atoms with E-state index in [2.05, 4.69) is 20.5 Å². The summed E-state index contributed by atoms with van der Waals surface area (Å²) in [5, 5.41) is 6.09. The number of nitrogens with one attached hydrogen (secondary N) is 2. The molecule has 8 nitrogen and oxygen atoms in total. The highest BCUT2D eigenvalue weighted by Crippen LogP contribution is 2.27. The van der Waals surface area contributed by atoms with Gasteiger partial charge in [0.15, 0.2) is 0 Å². The number of anilines is 1. The molecule has 2 aromatic rings. The van der Waals surface area contributed by atoms with Crippen molar-refractivity contribution in [3.8, 4) is 5.75 Å². The number of amides is 1. The van der Waals surface area contributed by atoms with E-state index in [1.807, 2.05) is 48.5 Å². The van der Waals surface area contributed by atoms with E-state index in [1.54, 1.807) is 0 Å². The maximum absolute atomic E-state index is 12.3. The Bertz CT molecular complexity index is 882. The van der Waals surface area contributed by atoms with Gasteiger partial charge in [0.2, 0.25) is 5.91 Å². The first kappa shape index (κ1) is 20.2. The van der Waals surface area contributed by atoms with Crippen LogP contribution in [0.3, 0.4) is 0 Å². The molecule has 0 bridgehead atoms. The molecule has 0 aromatic heterocycles. The average molecular weight is 410 g/mol. The standard InChI is InChI=1S/C22H26N4O4/c27-21(15-26-9-12-28-13-10-26)24-18-6-7-20-17(14-18)16-30-22(25-20)23-8-11-29-19-4-2-1-3-5-19/h1-7,14H,8-13,15-16H2,(H,23,25)(H,24,27). The van der Waals surface area contributed by atoms with Crippen LogP contribution in [0, 0.1) is 0 Å². The van der Waals surface area contributed by atoms with E-state index in [0.717, 1.165) is 35.8 Å². The van der Waals surface area contributed by atoms with E-state index in [1.165, 1.54) is 0 Å². The van der Waals surface area contributed by atoms with Crippen LogP contribution in [0.25, 0.3) is 0 Å². The summed E-state index contributed by atoms with van der Waals surface area (Å²) in [4.78, 5) is 18.9. The normalized spacial score (nSPS) is 16.1. The van der Waals surface area contributed by atoms with Gasteiger partial charge in [-0.2, -0.15) is 4.99 Å². The van der Waals surface area contributed by atoms with Crippen molar-refractivity contribution in [2.45, 2.75) is 6.61 Å². The zero-order chi connectivity index (χ0) is 20.6. The molecular weight excluding hydrogens is 384 g/mol. The lowest BCUT2D eigenvalue weighted by atomic mass is 10.1. The van der Waals surface area contributed by atoms with Crippen LogP contribution in [-0.4, -0.2) is 62.8 Å². The van der Waals surface area contributed by atoms with Crippen molar-refractivity contribution in [1.82, 2.24) is 10.2 Å². The van der Waals surface area contributed by atoms with E-state index in [4.69, 9.17) is 14.2 Å². The summed E-state index contributed by atoms with van der Waals surface area (Å²) in [5.41, 5.74) is 2.52. The number of aliphatic imine (C=N–C) groups is 1. The molecule has 0 aliphatic carbocycles. The zero-order valence-electron chi connectivity index (χ0n) is 16.8. The maximum Gasteiger partial charge on any atom is 0.290 e. The minimum Gasteiger partial charge on any atom is -0.492 e. The summed E-state index contributed by atoms with van der Waals surface area (Å²) in [7, 11) is 0. The van der Waals surface area contributed by atoms with Crippen LogP contribution in [0.2, 0.25) is 0 Å². The van der Waals surface area contributed by atoms with E-state index in [-0.39, 0.29) is 5.91 Å². The number of morpholine rings is 1. The number of amidine groups is 1. The second kappa shape index (κ2) is 10.1. The molecule has 1 amide bonds. The predicted molar refractivity (Wildman–Crippen MR) is 114 cm³/mol. The van der Waals surface area contributed by atoms with Crippen molar-refractivity contribution in [3.05, 3.63) is 54.1 Å². The number of nitrogens with zero attached hydrogens (tertiary/aromatic N) is 2. The summed E-state index contributed by atoms with van der Waals surface area (Å²) in [6.45, 7) is 4.78. The molecule has 2 aromatic carbocycles. The molecule has 2 aliphatic rings. The third-order valence-corrected chi connectivity index (χ3v) is 4.81. The Morgan fingerprint density at radius 2 is 1.97 bits per heavy atom. The van der Waals surface area contributed by atoms with Gasteiger partial charge in [-0.3, -0.25) is 9.69 Å². The number of carbonyl (C=O) groups is 1. The van der Waals surface area contributed by atoms with Gasteiger partial charge in [0, 0.05) is 24.3 Å². The zero-order valence-corrected chi connectivity index (χ0v) is 16.8. The number of hydrogen-bond donors (Lipinski definition) is 2. The van der Waals surface area contributed by atoms with E-state index in [9.17, 15) is 4.79 Å². The Morgan fingerprint density at radius 1 is 1.13 bits per heavy atom. The lowest BCUT2D eigenvalue weighted by Crippen LogP contribution is -2.41. The van der Waals surface area contributed by atoms with Gasteiger partial charge < -0.3 is 24.8 Å². The van der Waals surface area contributed by atoms with Crippen LogP contribution >= 0.6 is 0 Å². The highest BCUT2D eigenvalue weighted by molar-refractivity contribution is 5.92. The molecule has 8 heteroatoms. The molecule has 0 atom stereocenters. The molecule has 1 fully saturated rings. The summed E-state index contributed by atoms with van der Waals surface area (Å²) in [6.07, 6.45) is 0. The number of benzene rings is 2. The quantitative estimate of drug-likeness (QED) is 0.681. The van der Waals surface area contributed by atoms with Gasteiger partial charge in [-0.15, -0.1) is 0 Å². The molecule has 0 radical (unpaired) electrons. The van der Waals surface area contributed by atoms with Gasteiger partial charge >= 0.3 is 0 Å². The fourth-order valence-electron chi connectivity index (χ4n) is 3.27. The molecule has 0 saturated carbocycles. The van der Waals surface area contributed by atoms with Crippen LogP contribution in [0.5, 0.6) is 5.75 Å². The van der Waals surface area contributed by atoms with Crippen molar-refractivity contribution >= 4 is 23.3 Å². The van der Waals surface area contributed by atoms with Crippen LogP contribution in [0.15, 0.2) is 53.5 Å². The third kappa shape index (κ3) is 5.71. The van der Waals surface area contributed by atoms with E-state index < -0.39 is 0 Å². The van der Waals surface area contributed by atoms with Gasteiger partial charge in [0.05, 0.1) is 32.0 Å². The summed E-state index contributed by atoms with van der Waals surface area (Å²) in [5.74, 6) is 0.803. The smallest absolute Gasteiger partial charge is 0.290 e. The highest BCUT2D eigenvalue weighted by Gasteiger charge is 2.16. The molecule has 1 saturated heterocycles. The first-order valence-corrected chi connectivity index (χ1v) is 10.1. The number of carbonyl (C=O) groups excluding carboxylic acids is 1. The topological polar surface area (TPSA) is 84.4 Å². The van der Waals surface area contributed by atoms with Crippen LogP contribution in [0.4, 0.5) is 11.4 Å². The van der Waals surface area contributed by atoms with Crippen molar-refractivity contribution in [2.24, 2.45) is 4.99 Å². The SMILES string of the molecule is O=C(CN1CCOCC1)Nc1ccc2c(c1)COC(NCCOc1ccccc1)=N2. The van der Waals surface area contributed by atoms with Crippen molar-refractivity contribution in [1.29, 1.82) is 0 Å². The van der Waals surface area contributed by atoms with E-state index >= 15 is 0 Å². The molecule has 0 unspecified atom stereocenters. The Balaban J connectivity index is 1.25. The minimum atomic E-state index is -0.0298. The number of fused-ring (bicyclic) bond motifs is 1. The minimum absolute atomic E-state index is 0.0298. The summed E-state index contributed by atoms with van der Waals surface area (Å²) < 4.78 is 16.6. The first-order valence-electron chi connectivity index (χ1n) is 10.1. The second-order valence-electron chi connectivity index (χ2n) is 7.07. The molecule has 2 N–H and O–H groups in total. The van der Waals surface area contributed by atoms with Gasteiger partial charge in [-0.05, 0) is 30.3 Å². The average Bonchev–Trinajstić information content (AvgIpc) is 2.78. The summed E-state index contributed by atoms with van der Waals surface area (Å²) >= 11 is 0. The van der Waals surface area contributed by atoms with Gasteiger partial charge in [0.1, 0.15) is 19.0 Å². The Morgan fingerprint density at radius 3 is 2.80 bits per heavy atom. The lowest BCUT2D eigenvalue weighted by molar-refractivity contribution is -0.118. The molecule has 2 heterocycles. The fraction of sp³-hybridized carbons (Fsp3) is 0.364. The number of hydrogen-bond acceptors (Lipinski definition) is 7. The Hall–Kier alpha value is -3.10. The van der Waals surface area contributed by atoms with Crippen molar-refractivity contribution in [3.63, 3.8) is 0 Å². The van der Waals surface area contributed by atoms with E-state index in [0.29, 0.717) is 45.5 Å². The number of rotatable bonds is 7.